The van der Waals surface area contributed by atoms with Gasteiger partial charge in [0.05, 0.1) is 18.4 Å². The molecule has 1 N–H and O–H groups in total. The number of halogens is 1. The lowest BCUT2D eigenvalue weighted by molar-refractivity contribution is -0.117. The minimum atomic E-state index is -1.07. The molecule has 0 aliphatic carbocycles. The van der Waals surface area contributed by atoms with E-state index in [-0.39, 0.29) is 17.4 Å². The van der Waals surface area contributed by atoms with Crippen LogP contribution in [-0.4, -0.2) is 36.0 Å². The number of carbonyl (C=O) groups excluding carboxylic acids is 1. The van der Waals surface area contributed by atoms with E-state index in [0.717, 1.165) is 5.33 Å². The molecule has 5 nitrogen and oxygen atoms in total. The number of rotatable bonds is 4. The second kappa shape index (κ2) is 5.61. The van der Waals surface area contributed by atoms with Gasteiger partial charge in [-0.25, -0.2) is 4.79 Å². The number of amides is 1. The second-order valence-corrected chi connectivity index (χ2v) is 5.06. The molecule has 1 unspecified atom stereocenters. The number of alkyl halides is 1. The van der Waals surface area contributed by atoms with Gasteiger partial charge in [0.25, 0.3) is 0 Å². The Morgan fingerprint density at radius 1 is 1.58 bits per heavy atom. The summed E-state index contributed by atoms with van der Waals surface area (Å²) < 4.78 is 5.02. The molecule has 2 rings (SSSR count). The quantitative estimate of drug-likeness (QED) is 0.860. The number of carboxylic acid groups (broad SMARTS) is 1. The molecule has 0 saturated carbocycles. The predicted octanol–water partition coefficient (Wildman–Crippen LogP) is 2.14. The summed E-state index contributed by atoms with van der Waals surface area (Å²) in [4.78, 5) is 24.8. The lowest BCUT2D eigenvalue weighted by Gasteiger charge is -2.19. The van der Waals surface area contributed by atoms with Crippen LogP contribution in [0.5, 0.6) is 5.75 Å². The van der Waals surface area contributed by atoms with Crippen molar-refractivity contribution in [1.29, 1.82) is 0 Å². The Hall–Kier alpha value is -1.56. The maximum atomic E-state index is 12.0. The number of ether oxygens (including phenoxy) is 1. The molecule has 1 aliphatic rings. The lowest BCUT2D eigenvalue weighted by atomic mass is 10.1. The van der Waals surface area contributed by atoms with Gasteiger partial charge in [-0.2, -0.15) is 0 Å². The molecule has 1 aromatic rings. The third-order valence-corrected chi connectivity index (χ3v) is 4.06. The Morgan fingerprint density at radius 2 is 2.32 bits per heavy atom. The van der Waals surface area contributed by atoms with Crippen LogP contribution in [0.15, 0.2) is 18.2 Å². The molecule has 1 fully saturated rings. The molecule has 19 heavy (non-hydrogen) atoms. The van der Waals surface area contributed by atoms with Gasteiger partial charge < -0.3 is 14.7 Å². The van der Waals surface area contributed by atoms with Crippen LogP contribution in [0.1, 0.15) is 16.8 Å². The average Bonchev–Trinajstić information content (AvgIpc) is 2.79. The maximum Gasteiger partial charge on any atom is 0.337 e. The Labute approximate surface area is 119 Å². The van der Waals surface area contributed by atoms with Gasteiger partial charge in [0, 0.05) is 18.3 Å². The van der Waals surface area contributed by atoms with Crippen molar-refractivity contribution in [3.8, 4) is 5.75 Å². The summed E-state index contributed by atoms with van der Waals surface area (Å²) >= 11 is 3.36. The van der Waals surface area contributed by atoms with Gasteiger partial charge in [0.1, 0.15) is 5.75 Å². The van der Waals surface area contributed by atoms with E-state index in [4.69, 9.17) is 4.74 Å². The fourth-order valence-electron chi connectivity index (χ4n) is 2.17. The number of anilines is 1. The van der Waals surface area contributed by atoms with Crippen molar-refractivity contribution in [2.24, 2.45) is 5.92 Å². The Balaban J connectivity index is 2.39. The van der Waals surface area contributed by atoms with Gasteiger partial charge in [-0.15, -0.1) is 0 Å². The first-order valence-electron chi connectivity index (χ1n) is 5.84. The van der Waals surface area contributed by atoms with E-state index >= 15 is 0 Å². The normalized spacial score (nSPS) is 18.7. The molecule has 1 aromatic carbocycles. The Kier molecular flexibility index (Phi) is 4.09. The lowest BCUT2D eigenvalue weighted by Crippen LogP contribution is -2.26. The van der Waals surface area contributed by atoms with Gasteiger partial charge in [0.15, 0.2) is 0 Å². The van der Waals surface area contributed by atoms with Crippen LogP contribution in [0, 0.1) is 5.92 Å². The Morgan fingerprint density at radius 3 is 2.84 bits per heavy atom. The number of aromatic carboxylic acids is 1. The summed E-state index contributed by atoms with van der Waals surface area (Å²) in [6, 6.07) is 4.72. The molecule has 0 aromatic heterocycles. The van der Waals surface area contributed by atoms with Crippen molar-refractivity contribution in [3.63, 3.8) is 0 Å². The zero-order valence-corrected chi connectivity index (χ0v) is 12.0. The van der Waals surface area contributed by atoms with Gasteiger partial charge in [0.2, 0.25) is 5.91 Å². The monoisotopic (exact) mass is 327 g/mol. The zero-order chi connectivity index (χ0) is 14.0. The first kappa shape index (κ1) is 13.9. The van der Waals surface area contributed by atoms with Crippen LogP contribution in [0.25, 0.3) is 0 Å². The molecule has 0 bridgehead atoms. The number of carboxylic acids is 1. The van der Waals surface area contributed by atoms with Crippen molar-refractivity contribution < 1.29 is 19.4 Å². The van der Waals surface area contributed by atoms with Crippen LogP contribution in [0.4, 0.5) is 5.69 Å². The molecule has 6 heteroatoms. The fraction of sp³-hybridized carbons (Fsp3) is 0.385. The number of hydrogen-bond donors (Lipinski definition) is 1. The van der Waals surface area contributed by atoms with Crippen LogP contribution >= 0.6 is 15.9 Å². The van der Waals surface area contributed by atoms with Crippen LogP contribution < -0.4 is 9.64 Å². The van der Waals surface area contributed by atoms with E-state index < -0.39 is 5.97 Å². The third kappa shape index (κ3) is 2.73. The fourth-order valence-corrected chi connectivity index (χ4v) is 2.60. The van der Waals surface area contributed by atoms with E-state index in [0.29, 0.717) is 24.4 Å². The summed E-state index contributed by atoms with van der Waals surface area (Å²) in [5.41, 5.74) is 0.518. The topological polar surface area (TPSA) is 66.8 Å². The molecule has 1 atom stereocenters. The molecule has 1 aliphatic heterocycles. The molecular weight excluding hydrogens is 314 g/mol. The van der Waals surface area contributed by atoms with Crippen molar-refractivity contribution in [2.45, 2.75) is 6.42 Å². The first-order chi connectivity index (χ1) is 9.06. The smallest absolute Gasteiger partial charge is 0.337 e. The van der Waals surface area contributed by atoms with Crippen molar-refractivity contribution in [2.75, 3.05) is 23.9 Å². The third-order valence-electron chi connectivity index (χ3n) is 3.15. The number of carbonyl (C=O) groups is 2. The minimum Gasteiger partial charge on any atom is -0.497 e. The number of nitrogens with zero attached hydrogens (tertiary/aromatic N) is 1. The highest BCUT2D eigenvalue weighted by molar-refractivity contribution is 9.09. The minimum absolute atomic E-state index is 0.0443. The van der Waals surface area contributed by atoms with E-state index in [9.17, 15) is 14.7 Å². The Bertz CT molecular complexity index is 517. The zero-order valence-electron chi connectivity index (χ0n) is 10.4. The van der Waals surface area contributed by atoms with Crippen LogP contribution in [0.3, 0.4) is 0 Å². The molecule has 1 saturated heterocycles. The molecule has 0 spiro atoms. The number of benzene rings is 1. The second-order valence-electron chi connectivity index (χ2n) is 4.42. The predicted molar refractivity (Wildman–Crippen MR) is 74.2 cm³/mol. The van der Waals surface area contributed by atoms with E-state index in [1.54, 1.807) is 12.1 Å². The molecule has 102 valence electrons. The van der Waals surface area contributed by atoms with Gasteiger partial charge in [-0.05, 0) is 24.1 Å². The molecular formula is C13H14BrNO4. The van der Waals surface area contributed by atoms with Gasteiger partial charge in [-0.1, -0.05) is 15.9 Å². The molecule has 0 radical (unpaired) electrons. The highest BCUT2D eigenvalue weighted by atomic mass is 79.9. The highest BCUT2D eigenvalue weighted by Crippen LogP contribution is 2.31. The van der Waals surface area contributed by atoms with Crippen molar-refractivity contribution in [3.05, 3.63) is 23.8 Å². The van der Waals surface area contributed by atoms with Gasteiger partial charge >= 0.3 is 5.97 Å². The molecule has 1 heterocycles. The summed E-state index contributed by atoms with van der Waals surface area (Å²) in [6.45, 7) is 0.538. The van der Waals surface area contributed by atoms with Crippen LogP contribution in [-0.2, 0) is 4.79 Å². The highest BCUT2D eigenvalue weighted by Gasteiger charge is 2.32. The first-order valence-corrected chi connectivity index (χ1v) is 6.96. The van der Waals surface area contributed by atoms with Gasteiger partial charge in [-0.3, -0.25) is 4.79 Å². The van der Waals surface area contributed by atoms with E-state index in [2.05, 4.69) is 15.9 Å². The summed E-state index contributed by atoms with van der Waals surface area (Å²) in [7, 11) is 1.47. The standard InChI is InChI=1S/C13H14BrNO4/c1-19-9-2-3-11(10(5-9)13(17)18)15-7-8(6-14)4-12(15)16/h2-3,5,8H,4,6-7H2,1H3,(H,17,18). The summed E-state index contributed by atoms with van der Waals surface area (Å²) in [5, 5.41) is 9.98. The van der Waals surface area contributed by atoms with Crippen molar-refractivity contribution in [1.82, 2.24) is 0 Å². The average molecular weight is 328 g/mol. The van der Waals surface area contributed by atoms with Crippen LogP contribution in [0.2, 0.25) is 0 Å². The summed E-state index contributed by atoms with van der Waals surface area (Å²) in [6.07, 6.45) is 0.441. The maximum absolute atomic E-state index is 12.0. The van der Waals surface area contributed by atoms with E-state index in [1.165, 1.54) is 18.1 Å². The largest absolute Gasteiger partial charge is 0.497 e. The van der Waals surface area contributed by atoms with Crippen molar-refractivity contribution >= 4 is 33.5 Å². The summed E-state index contributed by atoms with van der Waals surface area (Å²) in [5.74, 6) is -0.429. The SMILES string of the molecule is COc1ccc(N2CC(CBr)CC2=O)c(C(=O)O)c1. The number of hydrogen-bond acceptors (Lipinski definition) is 3. The van der Waals surface area contributed by atoms with E-state index in [1.807, 2.05) is 0 Å². The molecule has 1 amide bonds. The number of methoxy groups -OCH3 is 1.